The molecule has 0 bridgehead atoms. The highest BCUT2D eigenvalue weighted by Gasteiger charge is 2.30. The average Bonchev–Trinajstić information content (AvgIpc) is 2.56. The number of amides is 2. The Morgan fingerprint density at radius 1 is 1.20 bits per heavy atom. The minimum atomic E-state index is -0.278. The summed E-state index contributed by atoms with van der Waals surface area (Å²) in [6.07, 6.45) is 6.79. The van der Waals surface area contributed by atoms with Gasteiger partial charge in [0.15, 0.2) is 0 Å². The molecule has 0 aromatic carbocycles. The molecule has 4 heteroatoms. The van der Waals surface area contributed by atoms with Crippen LogP contribution in [0.3, 0.4) is 0 Å². The lowest BCUT2D eigenvalue weighted by Gasteiger charge is -2.22. The van der Waals surface area contributed by atoms with Crippen molar-refractivity contribution >= 4 is 11.8 Å². The molecule has 0 spiro atoms. The fourth-order valence-electron chi connectivity index (χ4n) is 2.42. The molecule has 1 saturated heterocycles. The first-order valence-electron chi connectivity index (χ1n) is 5.83. The summed E-state index contributed by atoms with van der Waals surface area (Å²) in [4.78, 5) is 22.2. The van der Waals surface area contributed by atoms with Crippen molar-refractivity contribution in [1.29, 1.82) is 0 Å². The minimum Gasteiger partial charge on any atom is -0.305 e. The Morgan fingerprint density at radius 2 is 1.93 bits per heavy atom. The second-order valence-corrected chi connectivity index (χ2v) is 4.58. The molecule has 1 atom stereocenters. The first kappa shape index (κ1) is 10.6. The molecule has 1 saturated carbocycles. The maximum absolute atomic E-state index is 11.3. The van der Waals surface area contributed by atoms with E-state index < -0.39 is 0 Å². The number of hydrogen-bond acceptors (Lipinski definition) is 3. The van der Waals surface area contributed by atoms with Crippen molar-refractivity contribution in [3.63, 3.8) is 0 Å². The number of carbonyl (C=O) groups excluding carboxylic acids is 2. The zero-order valence-electron chi connectivity index (χ0n) is 8.92. The van der Waals surface area contributed by atoms with Crippen LogP contribution in [0.15, 0.2) is 0 Å². The van der Waals surface area contributed by atoms with Gasteiger partial charge in [-0.1, -0.05) is 19.3 Å². The maximum atomic E-state index is 11.3. The largest absolute Gasteiger partial charge is 0.305 e. The van der Waals surface area contributed by atoms with E-state index in [1.54, 1.807) is 0 Å². The summed E-state index contributed by atoms with van der Waals surface area (Å²) in [7, 11) is 0. The Morgan fingerprint density at radius 3 is 2.53 bits per heavy atom. The summed E-state index contributed by atoms with van der Waals surface area (Å²) in [6, 6.07) is -0.278. The van der Waals surface area contributed by atoms with Crippen molar-refractivity contribution in [2.24, 2.45) is 5.92 Å². The van der Waals surface area contributed by atoms with Crippen molar-refractivity contribution in [2.75, 3.05) is 6.54 Å². The average molecular weight is 210 g/mol. The maximum Gasteiger partial charge on any atom is 0.244 e. The Labute approximate surface area is 89.8 Å². The van der Waals surface area contributed by atoms with Crippen LogP contribution in [0, 0.1) is 5.92 Å². The number of carbonyl (C=O) groups is 2. The van der Waals surface area contributed by atoms with E-state index in [4.69, 9.17) is 0 Å². The van der Waals surface area contributed by atoms with Crippen LogP contribution in [0.25, 0.3) is 0 Å². The van der Waals surface area contributed by atoms with Gasteiger partial charge in [-0.3, -0.25) is 14.9 Å². The Hall–Kier alpha value is -0.900. The topological polar surface area (TPSA) is 58.2 Å². The smallest absolute Gasteiger partial charge is 0.244 e. The molecule has 1 aliphatic carbocycles. The van der Waals surface area contributed by atoms with E-state index in [1.165, 1.54) is 32.1 Å². The van der Waals surface area contributed by atoms with E-state index in [9.17, 15) is 9.59 Å². The molecule has 2 amide bonds. The molecule has 1 unspecified atom stereocenters. The van der Waals surface area contributed by atoms with Gasteiger partial charge in [0.2, 0.25) is 11.8 Å². The fraction of sp³-hybridized carbons (Fsp3) is 0.818. The number of nitrogens with one attached hydrogen (secondary N) is 2. The van der Waals surface area contributed by atoms with E-state index in [-0.39, 0.29) is 17.9 Å². The molecule has 2 rings (SSSR count). The number of rotatable bonds is 3. The van der Waals surface area contributed by atoms with Crippen molar-refractivity contribution in [1.82, 2.24) is 10.6 Å². The minimum absolute atomic E-state index is 0.152. The van der Waals surface area contributed by atoms with Gasteiger partial charge in [-0.25, -0.2) is 0 Å². The lowest BCUT2D eigenvalue weighted by molar-refractivity contribution is -0.125. The molecule has 2 aliphatic rings. The van der Waals surface area contributed by atoms with Crippen LogP contribution in [0.2, 0.25) is 0 Å². The van der Waals surface area contributed by atoms with E-state index in [0.29, 0.717) is 12.3 Å². The van der Waals surface area contributed by atoms with Crippen LogP contribution in [0.4, 0.5) is 0 Å². The third-order valence-electron chi connectivity index (χ3n) is 3.35. The van der Waals surface area contributed by atoms with Crippen LogP contribution < -0.4 is 10.6 Å². The fourth-order valence-corrected chi connectivity index (χ4v) is 2.42. The molecule has 0 aromatic heterocycles. The van der Waals surface area contributed by atoms with E-state index >= 15 is 0 Å². The third kappa shape index (κ3) is 2.78. The van der Waals surface area contributed by atoms with Crippen LogP contribution in [0.5, 0.6) is 0 Å². The van der Waals surface area contributed by atoms with Gasteiger partial charge in [-0.05, 0) is 25.3 Å². The quantitative estimate of drug-likeness (QED) is 0.670. The van der Waals surface area contributed by atoms with Gasteiger partial charge < -0.3 is 5.32 Å². The van der Waals surface area contributed by atoms with Crippen LogP contribution in [-0.4, -0.2) is 24.4 Å². The van der Waals surface area contributed by atoms with Gasteiger partial charge in [0.1, 0.15) is 0 Å². The highest BCUT2D eigenvalue weighted by atomic mass is 16.2. The molecule has 0 aromatic rings. The van der Waals surface area contributed by atoms with Gasteiger partial charge >= 0.3 is 0 Å². The molecule has 4 nitrogen and oxygen atoms in total. The second-order valence-electron chi connectivity index (χ2n) is 4.58. The molecule has 0 radical (unpaired) electrons. The zero-order chi connectivity index (χ0) is 10.7. The van der Waals surface area contributed by atoms with Crippen molar-refractivity contribution in [3.05, 3.63) is 0 Å². The molecule has 2 fully saturated rings. The Balaban J connectivity index is 1.73. The summed E-state index contributed by atoms with van der Waals surface area (Å²) in [5, 5.41) is 5.51. The highest BCUT2D eigenvalue weighted by Crippen LogP contribution is 2.23. The third-order valence-corrected chi connectivity index (χ3v) is 3.35. The van der Waals surface area contributed by atoms with Crippen molar-refractivity contribution < 1.29 is 9.59 Å². The van der Waals surface area contributed by atoms with Gasteiger partial charge in [0, 0.05) is 0 Å². The molecule has 1 aliphatic heterocycles. The van der Waals surface area contributed by atoms with Gasteiger partial charge in [-0.2, -0.15) is 0 Å². The number of hydrogen-bond donors (Lipinski definition) is 2. The Bertz CT molecular complexity index is 259. The van der Waals surface area contributed by atoms with Crippen molar-refractivity contribution in [2.45, 2.75) is 44.6 Å². The predicted molar refractivity (Wildman–Crippen MR) is 56.1 cm³/mol. The molecule has 84 valence electrons. The zero-order valence-corrected chi connectivity index (χ0v) is 8.92. The van der Waals surface area contributed by atoms with Gasteiger partial charge in [0.05, 0.1) is 12.5 Å². The molecule has 2 N–H and O–H groups in total. The van der Waals surface area contributed by atoms with Crippen LogP contribution in [-0.2, 0) is 9.59 Å². The first-order valence-corrected chi connectivity index (χ1v) is 5.83. The van der Waals surface area contributed by atoms with Gasteiger partial charge in [0.25, 0.3) is 0 Å². The standard InChI is InChI=1S/C11H18N2O2/c14-10-6-9(11(15)13-10)12-7-8-4-2-1-3-5-8/h8-9,12H,1-7H2,(H,13,14,15). The normalized spacial score (nSPS) is 28.1. The summed E-state index contributed by atoms with van der Waals surface area (Å²) >= 11 is 0. The van der Waals surface area contributed by atoms with E-state index in [2.05, 4.69) is 10.6 Å². The second kappa shape index (κ2) is 4.75. The van der Waals surface area contributed by atoms with Crippen LogP contribution >= 0.6 is 0 Å². The van der Waals surface area contributed by atoms with E-state index in [0.717, 1.165) is 6.54 Å². The first-order chi connectivity index (χ1) is 7.25. The SMILES string of the molecule is O=C1CC(NCC2CCCCC2)C(=O)N1. The lowest BCUT2D eigenvalue weighted by Crippen LogP contribution is -2.39. The monoisotopic (exact) mass is 210 g/mol. The molecule has 1 heterocycles. The number of imide groups is 1. The van der Waals surface area contributed by atoms with E-state index in [1.807, 2.05) is 0 Å². The summed E-state index contributed by atoms with van der Waals surface area (Å²) < 4.78 is 0. The summed E-state index contributed by atoms with van der Waals surface area (Å²) in [6.45, 7) is 0.880. The Kier molecular flexibility index (Phi) is 3.36. The molecule has 15 heavy (non-hydrogen) atoms. The lowest BCUT2D eigenvalue weighted by atomic mass is 9.89. The van der Waals surface area contributed by atoms with Gasteiger partial charge in [-0.15, -0.1) is 0 Å². The molecular weight excluding hydrogens is 192 g/mol. The predicted octanol–water partition coefficient (Wildman–Crippen LogP) is 0.571. The highest BCUT2D eigenvalue weighted by molar-refractivity contribution is 6.05. The summed E-state index contributed by atoms with van der Waals surface area (Å²) in [5.74, 6) is 0.388. The summed E-state index contributed by atoms with van der Waals surface area (Å²) in [5.41, 5.74) is 0. The van der Waals surface area contributed by atoms with Crippen molar-refractivity contribution in [3.8, 4) is 0 Å². The molecular formula is C11H18N2O2. The van der Waals surface area contributed by atoms with Crippen LogP contribution in [0.1, 0.15) is 38.5 Å².